The predicted molar refractivity (Wildman–Crippen MR) is 109 cm³/mol. The molecule has 14 heteroatoms. The average Bonchev–Trinajstić information content (AvgIpc) is 2.71. The molecule has 0 aliphatic heterocycles. The molecule has 0 aromatic carbocycles. The van der Waals surface area contributed by atoms with E-state index < -0.39 is 66.7 Å². The molecule has 0 aromatic rings. The van der Waals surface area contributed by atoms with Gasteiger partial charge in [0.2, 0.25) is 17.7 Å². The molecule has 0 saturated heterocycles. The maximum absolute atomic E-state index is 12.7. The third kappa shape index (κ3) is 13.1. The van der Waals surface area contributed by atoms with Crippen LogP contribution in [0.4, 0.5) is 0 Å². The zero-order valence-electron chi connectivity index (χ0n) is 17.5. The monoisotopic (exact) mass is 461 g/mol. The van der Waals surface area contributed by atoms with Crippen LogP contribution in [0.3, 0.4) is 0 Å². The summed E-state index contributed by atoms with van der Waals surface area (Å²) in [5, 5.41) is 33.0. The molecule has 0 aliphatic carbocycles. The Morgan fingerprint density at radius 1 is 0.688 bits per heavy atom. The molecule has 0 aliphatic rings. The molecule has 14 nitrogen and oxygen atoms in total. The third-order valence-electron chi connectivity index (χ3n) is 4.28. The molecule has 10 N–H and O–H groups in total. The van der Waals surface area contributed by atoms with E-state index in [1.807, 2.05) is 0 Å². The van der Waals surface area contributed by atoms with Crippen LogP contribution in [0.1, 0.15) is 44.9 Å². The van der Waals surface area contributed by atoms with Gasteiger partial charge in [0.05, 0.1) is 6.04 Å². The van der Waals surface area contributed by atoms with E-state index in [0.717, 1.165) is 0 Å². The largest absolute Gasteiger partial charge is 0.481 e. The molecule has 0 spiro atoms. The number of carbonyl (C=O) groups is 6. The molecular formula is C18H31N5O9. The average molecular weight is 461 g/mol. The fraction of sp³-hybridized carbons (Fsp3) is 0.667. The Labute approximate surface area is 184 Å². The van der Waals surface area contributed by atoms with Crippen LogP contribution in [-0.2, 0) is 28.8 Å². The van der Waals surface area contributed by atoms with E-state index >= 15 is 0 Å². The minimum absolute atomic E-state index is 0.128. The maximum Gasteiger partial charge on any atom is 0.322 e. The highest BCUT2D eigenvalue weighted by molar-refractivity contribution is 5.93. The van der Waals surface area contributed by atoms with Crippen LogP contribution < -0.4 is 27.4 Å². The highest BCUT2D eigenvalue weighted by atomic mass is 16.4. The summed E-state index contributed by atoms with van der Waals surface area (Å²) >= 11 is 0. The van der Waals surface area contributed by atoms with E-state index in [1.165, 1.54) is 0 Å². The van der Waals surface area contributed by atoms with Crippen LogP contribution in [0.2, 0.25) is 0 Å². The number of nitrogens with one attached hydrogen (secondary N) is 3. The smallest absolute Gasteiger partial charge is 0.322 e. The lowest BCUT2D eigenvalue weighted by molar-refractivity contribution is -0.140. The number of rotatable bonds is 17. The molecule has 0 rings (SSSR count). The Morgan fingerprint density at radius 2 is 1.22 bits per heavy atom. The van der Waals surface area contributed by atoms with Crippen molar-refractivity contribution in [3.8, 4) is 0 Å². The van der Waals surface area contributed by atoms with Gasteiger partial charge in [-0.25, -0.2) is 0 Å². The molecule has 0 fully saturated rings. The Bertz CT molecular complexity index is 686. The molecule has 0 heterocycles. The highest BCUT2D eigenvalue weighted by Crippen LogP contribution is 2.06. The number of carboxylic acids is 3. The van der Waals surface area contributed by atoms with E-state index in [9.17, 15) is 28.8 Å². The zero-order valence-corrected chi connectivity index (χ0v) is 17.5. The summed E-state index contributed by atoms with van der Waals surface area (Å²) < 4.78 is 0. The van der Waals surface area contributed by atoms with Crippen molar-refractivity contribution >= 4 is 35.6 Å². The highest BCUT2D eigenvalue weighted by Gasteiger charge is 2.28. The van der Waals surface area contributed by atoms with Gasteiger partial charge in [-0.05, 0) is 38.6 Å². The van der Waals surface area contributed by atoms with Gasteiger partial charge < -0.3 is 42.7 Å². The molecule has 3 amide bonds. The van der Waals surface area contributed by atoms with Crippen LogP contribution in [-0.4, -0.2) is 82.2 Å². The first-order valence-electron chi connectivity index (χ1n) is 9.97. The van der Waals surface area contributed by atoms with Crippen LogP contribution in [0.5, 0.6) is 0 Å². The Hall–Kier alpha value is -3.26. The van der Waals surface area contributed by atoms with Gasteiger partial charge in [-0.1, -0.05) is 0 Å². The van der Waals surface area contributed by atoms with Crippen LogP contribution in [0.25, 0.3) is 0 Å². The summed E-state index contributed by atoms with van der Waals surface area (Å²) in [6.07, 6.45) is -0.195. The van der Waals surface area contributed by atoms with Crippen molar-refractivity contribution in [2.24, 2.45) is 11.5 Å². The lowest BCUT2D eigenvalue weighted by Crippen LogP contribution is -2.56. The van der Waals surface area contributed by atoms with Gasteiger partial charge in [0.25, 0.3) is 0 Å². The SMILES string of the molecule is NCCCCC(NC(=O)C(N)CCC(=O)O)C(=O)NC(CCC(=O)O)C(=O)NCC(=O)O. The van der Waals surface area contributed by atoms with Gasteiger partial charge in [-0.2, -0.15) is 0 Å². The topological polar surface area (TPSA) is 251 Å². The molecule has 0 saturated carbocycles. The van der Waals surface area contributed by atoms with Crippen LogP contribution in [0.15, 0.2) is 0 Å². The summed E-state index contributed by atoms with van der Waals surface area (Å²) in [7, 11) is 0. The number of carboxylic acid groups (broad SMARTS) is 3. The molecule has 182 valence electrons. The lowest BCUT2D eigenvalue weighted by atomic mass is 10.0. The second-order valence-corrected chi connectivity index (χ2v) is 6.99. The number of hydrogen-bond donors (Lipinski definition) is 8. The van der Waals surface area contributed by atoms with Gasteiger partial charge >= 0.3 is 17.9 Å². The molecule has 32 heavy (non-hydrogen) atoms. The summed E-state index contributed by atoms with van der Waals surface area (Å²) in [5.74, 6) is -6.17. The zero-order chi connectivity index (χ0) is 24.7. The third-order valence-corrected chi connectivity index (χ3v) is 4.28. The van der Waals surface area contributed by atoms with E-state index in [-0.39, 0.29) is 25.7 Å². The first-order chi connectivity index (χ1) is 15.0. The second kappa shape index (κ2) is 15.5. The maximum atomic E-state index is 12.7. The van der Waals surface area contributed by atoms with E-state index in [2.05, 4.69) is 16.0 Å². The second-order valence-electron chi connectivity index (χ2n) is 6.99. The molecule has 0 aromatic heterocycles. The van der Waals surface area contributed by atoms with E-state index in [1.54, 1.807) is 0 Å². The van der Waals surface area contributed by atoms with Crippen molar-refractivity contribution in [1.29, 1.82) is 0 Å². The first kappa shape index (κ1) is 28.7. The summed E-state index contributed by atoms with van der Waals surface area (Å²) in [4.78, 5) is 69.3. The molecule has 0 radical (unpaired) electrons. The number of unbranched alkanes of at least 4 members (excludes halogenated alkanes) is 1. The van der Waals surface area contributed by atoms with Crippen LogP contribution in [0, 0.1) is 0 Å². The van der Waals surface area contributed by atoms with Crippen molar-refractivity contribution in [3.63, 3.8) is 0 Å². The van der Waals surface area contributed by atoms with Gasteiger partial charge in [0, 0.05) is 12.8 Å². The lowest BCUT2D eigenvalue weighted by Gasteiger charge is -2.24. The first-order valence-corrected chi connectivity index (χ1v) is 9.97. The Balaban J connectivity index is 5.28. The number of nitrogens with two attached hydrogens (primary N) is 2. The fourth-order valence-corrected chi connectivity index (χ4v) is 2.55. The number of hydrogen-bond acceptors (Lipinski definition) is 8. The normalized spacial score (nSPS) is 13.3. The van der Waals surface area contributed by atoms with Crippen molar-refractivity contribution in [3.05, 3.63) is 0 Å². The molecule has 0 bridgehead atoms. The minimum atomic E-state index is -1.35. The fourth-order valence-electron chi connectivity index (χ4n) is 2.55. The van der Waals surface area contributed by atoms with E-state index in [4.69, 9.17) is 26.8 Å². The van der Waals surface area contributed by atoms with Gasteiger partial charge in [0.1, 0.15) is 18.6 Å². The minimum Gasteiger partial charge on any atom is -0.481 e. The predicted octanol–water partition coefficient (Wildman–Crippen LogP) is -2.66. The van der Waals surface area contributed by atoms with Crippen LogP contribution >= 0.6 is 0 Å². The van der Waals surface area contributed by atoms with Gasteiger partial charge in [-0.3, -0.25) is 28.8 Å². The molecular weight excluding hydrogens is 430 g/mol. The Morgan fingerprint density at radius 3 is 1.75 bits per heavy atom. The van der Waals surface area contributed by atoms with Gasteiger partial charge in [0.15, 0.2) is 0 Å². The van der Waals surface area contributed by atoms with Crippen molar-refractivity contribution in [2.75, 3.05) is 13.1 Å². The quantitative estimate of drug-likeness (QED) is 0.104. The number of aliphatic carboxylic acids is 3. The summed E-state index contributed by atoms with van der Waals surface area (Å²) in [6.45, 7) is -0.396. The summed E-state index contributed by atoms with van der Waals surface area (Å²) in [5.41, 5.74) is 11.1. The standard InChI is InChI=1S/C18H31N5O9/c19-8-2-1-3-11(22-16(30)10(20)4-6-13(24)25)18(32)23-12(5-7-14(26)27)17(31)21-9-15(28)29/h10-12H,1-9,19-20H2,(H,21,31)(H,22,30)(H,23,32)(H,24,25)(H,26,27)(H,28,29). The number of carbonyl (C=O) groups excluding carboxylic acids is 3. The number of amides is 3. The van der Waals surface area contributed by atoms with Crippen molar-refractivity contribution in [1.82, 2.24) is 16.0 Å². The summed E-state index contributed by atoms with van der Waals surface area (Å²) in [6, 6.07) is -3.69. The molecule has 3 atom stereocenters. The molecule has 3 unspecified atom stereocenters. The van der Waals surface area contributed by atoms with Crippen molar-refractivity contribution < 1.29 is 44.1 Å². The van der Waals surface area contributed by atoms with Crippen molar-refractivity contribution in [2.45, 2.75) is 63.1 Å². The van der Waals surface area contributed by atoms with E-state index in [0.29, 0.717) is 19.4 Å². The Kier molecular flexibility index (Phi) is 13.9. The van der Waals surface area contributed by atoms with Gasteiger partial charge in [-0.15, -0.1) is 0 Å².